The lowest BCUT2D eigenvalue weighted by Gasteiger charge is -2.24. The van der Waals surface area contributed by atoms with Gasteiger partial charge in [-0.05, 0) is 50.6 Å². The number of hydrogen-bond donors (Lipinski definition) is 1. The Kier molecular flexibility index (Phi) is 6.33. The van der Waals surface area contributed by atoms with Crippen LogP contribution in [-0.4, -0.2) is 38.3 Å². The monoisotopic (exact) mass is 376 g/mol. The van der Waals surface area contributed by atoms with Crippen molar-refractivity contribution in [3.63, 3.8) is 0 Å². The summed E-state index contributed by atoms with van der Waals surface area (Å²) in [4.78, 5) is 15.7. The molecule has 0 unspecified atom stereocenters. The van der Waals surface area contributed by atoms with E-state index in [-0.39, 0.29) is 4.90 Å². The lowest BCUT2D eigenvalue weighted by Crippen LogP contribution is -2.22. The van der Waals surface area contributed by atoms with Crippen molar-refractivity contribution >= 4 is 27.5 Å². The zero-order valence-electron chi connectivity index (χ0n) is 15.6. The fourth-order valence-electron chi connectivity index (χ4n) is 2.60. The quantitative estimate of drug-likeness (QED) is 0.744. The molecule has 0 saturated carbocycles. The SMILES string of the molecule is CCN(c1nc(C)cc(C)n1)c1ccc(C=CNOC)cc1S(C)(=O)=O. The Hall–Kier alpha value is -2.45. The Morgan fingerprint density at radius 3 is 2.38 bits per heavy atom. The van der Waals surface area contributed by atoms with Crippen molar-refractivity contribution in [1.82, 2.24) is 15.4 Å². The van der Waals surface area contributed by atoms with E-state index in [1.165, 1.54) is 13.4 Å². The fraction of sp³-hybridized carbons (Fsp3) is 0.333. The molecule has 7 nitrogen and oxygen atoms in total. The molecule has 0 aliphatic carbocycles. The van der Waals surface area contributed by atoms with Crippen LogP contribution in [0.4, 0.5) is 11.6 Å². The summed E-state index contributed by atoms with van der Waals surface area (Å²) in [6, 6.07) is 7.12. The van der Waals surface area contributed by atoms with Crippen LogP contribution in [0.25, 0.3) is 6.08 Å². The van der Waals surface area contributed by atoms with Gasteiger partial charge in [-0.25, -0.2) is 18.4 Å². The molecule has 1 heterocycles. The average molecular weight is 376 g/mol. The third kappa shape index (κ3) is 4.80. The van der Waals surface area contributed by atoms with Gasteiger partial charge in [-0.2, -0.15) is 0 Å². The van der Waals surface area contributed by atoms with Crippen LogP contribution in [0.3, 0.4) is 0 Å². The predicted octanol–water partition coefficient (Wildman–Crippen LogP) is 2.78. The molecule has 0 bridgehead atoms. The van der Waals surface area contributed by atoms with Crippen LogP contribution < -0.4 is 10.4 Å². The van der Waals surface area contributed by atoms with Crippen molar-refractivity contribution in [1.29, 1.82) is 0 Å². The van der Waals surface area contributed by atoms with Crippen molar-refractivity contribution in [2.45, 2.75) is 25.7 Å². The van der Waals surface area contributed by atoms with Crippen molar-refractivity contribution in [3.8, 4) is 0 Å². The van der Waals surface area contributed by atoms with Gasteiger partial charge in [0.1, 0.15) is 0 Å². The second-order valence-corrected chi connectivity index (χ2v) is 7.83. The number of nitrogens with zero attached hydrogens (tertiary/aromatic N) is 3. The van der Waals surface area contributed by atoms with Crippen LogP contribution in [0.5, 0.6) is 0 Å². The van der Waals surface area contributed by atoms with E-state index < -0.39 is 9.84 Å². The molecule has 0 saturated heterocycles. The highest BCUT2D eigenvalue weighted by Gasteiger charge is 2.21. The first kappa shape index (κ1) is 19.9. The minimum atomic E-state index is -3.45. The van der Waals surface area contributed by atoms with Crippen molar-refractivity contribution in [3.05, 3.63) is 47.4 Å². The number of hydrogen-bond acceptors (Lipinski definition) is 7. The van der Waals surface area contributed by atoms with Gasteiger partial charge >= 0.3 is 0 Å². The first-order valence-corrected chi connectivity index (χ1v) is 10.0. The summed E-state index contributed by atoms with van der Waals surface area (Å²) in [6.45, 7) is 6.25. The summed E-state index contributed by atoms with van der Waals surface area (Å²) in [5.74, 6) is 0.485. The maximum absolute atomic E-state index is 12.4. The number of benzene rings is 1. The van der Waals surface area contributed by atoms with Crippen LogP contribution in [0.2, 0.25) is 0 Å². The molecule has 1 aromatic carbocycles. The Morgan fingerprint density at radius 1 is 1.19 bits per heavy atom. The van der Waals surface area contributed by atoms with E-state index in [2.05, 4.69) is 15.4 Å². The molecule has 0 fully saturated rings. The van der Waals surface area contributed by atoms with Gasteiger partial charge in [0.25, 0.3) is 0 Å². The van der Waals surface area contributed by atoms with Crippen LogP contribution in [0.1, 0.15) is 23.9 Å². The highest BCUT2D eigenvalue weighted by Crippen LogP contribution is 2.31. The first-order chi connectivity index (χ1) is 12.3. The normalized spacial score (nSPS) is 11.7. The molecule has 26 heavy (non-hydrogen) atoms. The molecule has 0 aliphatic rings. The number of hydroxylamine groups is 1. The number of anilines is 2. The fourth-order valence-corrected chi connectivity index (χ4v) is 3.51. The molecule has 140 valence electrons. The summed E-state index contributed by atoms with van der Waals surface area (Å²) in [5, 5.41) is 0. The van der Waals surface area contributed by atoms with E-state index >= 15 is 0 Å². The number of aromatic nitrogens is 2. The van der Waals surface area contributed by atoms with Crippen LogP contribution in [0, 0.1) is 13.8 Å². The van der Waals surface area contributed by atoms with Gasteiger partial charge in [0.2, 0.25) is 5.95 Å². The van der Waals surface area contributed by atoms with Gasteiger partial charge in [-0.3, -0.25) is 10.3 Å². The Balaban J connectivity index is 2.58. The maximum Gasteiger partial charge on any atom is 0.230 e. The molecule has 0 radical (unpaired) electrons. The smallest absolute Gasteiger partial charge is 0.230 e. The molecule has 0 spiro atoms. The van der Waals surface area contributed by atoms with E-state index in [4.69, 9.17) is 4.84 Å². The van der Waals surface area contributed by atoms with E-state index in [0.717, 1.165) is 17.0 Å². The zero-order chi connectivity index (χ0) is 19.3. The molecule has 0 amide bonds. The van der Waals surface area contributed by atoms with E-state index in [1.807, 2.05) is 32.9 Å². The van der Waals surface area contributed by atoms with Crippen LogP contribution >= 0.6 is 0 Å². The standard InChI is InChI=1S/C18H24N4O3S/c1-6-22(18-20-13(2)11-14(3)21-18)16-8-7-15(9-10-19-25-4)12-17(16)26(5,23)24/h7-12,19H,6H2,1-5H3. The summed E-state index contributed by atoms with van der Waals surface area (Å²) >= 11 is 0. The second kappa shape index (κ2) is 8.29. The molecule has 2 aromatic rings. The van der Waals surface area contributed by atoms with Crippen molar-refractivity contribution in [2.24, 2.45) is 0 Å². The van der Waals surface area contributed by atoms with Crippen LogP contribution in [-0.2, 0) is 14.7 Å². The number of nitrogens with one attached hydrogen (secondary N) is 1. The summed E-state index contributed by atoms with van der Waals surface area (Å²) in [6.07, 6.45) is 4.51. The highest BCUT2D eigenvalue weighted by atomic mass is 32.2. The molecular weight excluding hydrogens is 352 g/mol. The van der Waals surface area contributed by atoms with E-state index in [1.54, 1.807) is 29.3 Å². The first-order valence-electron chi connectivity index (χ1n) is 8.15. The second-order valence-electron chi connectivity index (χ2n) is 5.85. The van der Waals surface area contributed by atoms with Crippen molar-refractivity contribution in [2.75, 3.05) is 24.8 Å². The van der Waals surface area contributed by atoms with E-state index in [9.17, 15) is 8.42 Å². The number of rotatable bonds is 7. The Morgan fingerprint density at radius 2 is 1.85 bits per heavy atom. The van der Waals surface area contributed by atoms with Gasteiger partial charge in [0.15, 0.2) is 9.84 Å². The molecule has 8 heteroatoms. The van der Waals surface area contributed by atoms with Crippen molar-refractivity contribution < 1.29 is 13.3 Å². The summed E-state index contributed by atoms with van der Waals surface area (Å²) in [7, 11) is -1.95. The largest absolute Gasteiger partial charge is 0.309 e. The number of aryl methyl sites for hydroxylation is 2. The van der Waals surface area contributed by atoms with E-state index in [0.29, 0.717) is 18.2 Å². The summed E-state index contributed by atoms with van der Waals surface area (Å²) < 4.78 is 24.8. The molecule has 2 rings (SSSR count). The Labute approximate surface area is 154 Å². The molecule has 1 aromatic heterocycles. The highest BCUT2D eigenvalue weighted by molar-refractivity contribution is 7.90. The average Bonchev–Trinajstić information content (AvgIpc) is 2.55. The lowest BCUT2D eigenvalue weighted by molar-refractivity contribution is 0.129. The molecular formula is C18H24N4O3S. The molecule has 0 atom stereocenters. The maximum atomic E-state index is 12.4. The third-order valence-corrected chi connectivity index (χ3v) is 4.79. The predicted molar refractivity (Wildman–Crippen MR) is 103 cm³/mol. The van der Waals surface area contributed by atoms with Gasteiger partial charge in [-0.1, -0.05) is 6.07 Å². The summed E-state index contributed by atoms with van der Waals surface area (Å²) in [5.41, 5.74) is 5.53. The van der Waals surface area contributed by atoms with Gasteiger partial charge in [0.05, 0.1) is 17.7 Å². The van der Waals surface area contributed by atoms with Gasteiger partial charge < -0.3 is 4.90 Å². The van der Waals surface area contributed by atoms with Gasteiger partial charge in [-0.15, -0.1) is 0 Å². The Bertz CT molecular complexity index is 890. The lowest BCUT2D eigenvalue weighted by atomic mass is 10.2. The molecule has 0 aliphatic heterocycles. The minimum absolute atomic E-state index is 0.224. The molecule has 1 N–H and O–H groups in total. The zero-order valence-corrected chi connectivity index (χ0v) is 16.5. The van der Waals surface area contributed by atoms with Gasteiger partial charge in [0, 0.05) is 30.4 Å². The topological polar surface area (TPSA) is 84.4 Å². The minimum Gasteiger partial charge on any atom is -0.309 e. The third-order valence-electron chi connectivity index (χ3n) is 3.66. The number of sulfone groups is 1. The van der Waals surface area contributed by atoms with Crippen LogP contribution in [0.15, 0.2) is 35.4 Å².